The summed E-state index contributed by atoms with van der Waals surface area (Å²) in [6.45, 7) is 5.60. The summed E-state index contributed by atoms with van der Waals surface area (Å²) in [6, 6.07) is 0. The Hall–Kier alpha value is -0.220. The molecule has 1 N–H and O–H groups in total. The van der Waals surface area contributed by atoms with E-state index in [1.54, 1.807) is 30.8 Å². The van der Waals surface area contributed by atoms with Crippen LogP contribution in [-0.4, -0.2) is 49.0 Å². The maximum atomic E-state index is 11.2. The summed E-state index contributed by atoms with van der Waals surface area (Å²) in [5.74, 6) is 0.122. The van der Waals surface area contributed by atoms with Crippen molar-refractivity contribution < 1.29 is 4.79 Å². The zero-order chi connectivity index (χ0) is 10.5. The average Bonchev–Trinajstić information content (AvgIpc) is 2.04. The van der Waals surface area contributed by atoms with Gasteiger partial charge in [0.15, 0.2) is 0 Å². The second kappa shape index (κ2) is 5.50. The van der Waals surface area contributed by atoms with Crippen LogP contribution in [-0.2, 0) is 4.79 Å². The van der Waals surface area contributed by atoms with Gasteiger partial charge in [-0.25, -0.2) is 0 Å². The van der Waals surface area contributed by atoms with Gasteiger partial charge in [0, 0.05) is 25.4 Å². The molecule has 0 saturated carbocycles. The Labute approximate surface area is 85.3 Å². The van der Waals surface area contributed by atoms with Crippen LogP contribution in [0.5, 0.6) is 0 Å². The van der Waals surface area contributed by atoms with Gasteiger partial charge in [0.25, 0.3) is 0 Å². The number of hydrogen-bond donors (Lipinski definition) is 1. The first kappa shape index (κ1) is 12.8. The molecule has 0 heterocycles. The van der Waals surface area contributed by atoms with Crippen LogP contribution in [0.1, 0.15) is 13.8 Å². The van der Waals surface area contributed by atoms with Crippen molar-refractivity contribution in [1.29, 1.82) is 0 Å². The number of likely N-dealkylation sites (N-methyl/N-ethyl adjacent to an activating group) is 1. The van der Waals surface area contributed by atoms with Gasteiger partial charge in [-0.05, 0) is 20.1 Å². The highest BCUT2D eigenvalue weighted by atomic mass is 32.2. The van der Waals surface area contributed by atoms with Crippen molar-refractivity contribution in [2.75, 3.05) is 33.4 Å². The minimum Gasteiger partial charge on any atom is -0.348 e. The highest BCUT2D eigenvalue weighted by Crippen LogP contribution is 2.19. The van der Waals surface area contributed by atoms with Crippen LogP contribution in [0.25, 0.3) is 0 Å². The third-order valence-electron chi connectivity index (χ3n) is 1.88. The highest BCUT2D eigenvalue weighted by Gasteiger charge is 2.15. The molecule has 0 aliphatic rings. The number of nitrogens with zero attached hydrogens (tertiary/aromatic N) is 1. The lowest BCUT2D eigenvalue weighted by atomic mass is 10.2. The van der Waals surface area contributed by atoms with E-state index in [1.165, 1.54) is 0 Å². The Bertz CT molecular complexity index is 169. The molecule has 0 aliphatic heterocycles. The van der Waals surface area contributed by atoms with E-state index in [9.17, 15) is 4.79 Å². The molecule has 4 heteroatoms. The van der Waals surface area contributed by atoms with Crippen LogP contribution < -0.4 is 5.32 Å². The molecule has 0 rings (SSSR count). The summed E-state index contributed by atoms with van der Waals surface area (Å²) in [5.41, 5.74) is 0. The molecule has 3 nitrogen and oxygen atoms in total. The van der Waals surface area contributed by atoms with E-state index in [2.05, 4.69) is 25.4 Å². The van der Waals surface area contributed by atoms with Crippen molar-refractivity contribution in [2.45, 2.75) is 18.6 Å². The fourth-order valence-electron chi connectivity index (χ4n) is 0.701. The first-order valence-electron chi connectivity index (χ1n) is 4.35. The number of nitrogens with one attached hydrogen (secondary N) is 1. The van der Waals surface area contributed by atoms with Gasteiger partial charge in [-0.15, -0.1) is 0 Å². The van der Waals surface area contributed by atoms with Crippen LogP contribution in [0, 0.1) is 0 Å². The SMILES string of the molecule is CSC(C)(C)CNCC(=O)N(C)C. The lowest BCUT2D eigenvalue weighted by Crippen LogP contribution is -2.39. The Morgan fingerprint density at radius 2 is 2.00 bits per heavy atom. The van der Waals surface area contributed by atoms with Gasteiger partial charge >= 0.3 is 0 Å². The molecule has 0 radical (unpaired) electrons. The summed E-state index contributed by atoms with van der Waals surface area (Å²) < 4.78 is 0.201. The Morgan fingerprint density at radius 3 is 2.38 bits per heavy atom. The topological polar surface area (TPSA) is 32.3 Å². The summed E-state index contributed by atoms with van der Waals surface area (Å²) in [5, 5.41) is 3.15. The van der Waals surface area contributed by atoms with Gasteiger partial charge in [0.1, 0.15) is 0 Å². The van der Waals surface area contributed by atoms with Gasteiger partial charge < -0.3 is 10.2 Å². The molecule has 0 aromatic rings. The third-order valence-corrected chi connectivity index (χ3v) is 3.13. The number of carbonyl (C=O) groups excluding carboxylic acids is 1. The van der Waals surface area contributed by atoms with E-state index in [4.69, 9.17) is 0 Å². The molecule has 0 aromatic carbocycles. The zero-order valence-electron chi connectivity index (χ0n) is 9.18. The Balaban J connectivity index is 3.62. The minimum atomic E-state index is 0.122. The van der Waals surface area contributed by atoms with Gasteiger partial charge in [0.05, 0.1) is 6.54 Å². The lowest BCUT2D eigenvalue weighted by molar-refractivity contribution is -0.127. The highest BCUT2D eigenvalue weighted by molar-refractivity contribution is 7.99. The van der Waals surface area contributed by atoms with Crippen molar-refractivity contribution in [3.05, 3.63) is 0 Å². The maximum absolute atomic E-state index is 11.2. The van der Waals surface area contributed by atoms with E-state index in [1.807, 2.05) is 0 Å². The van der Waals surface area contributed by atoms with Gasteiger partial charge in [-0.1, -0.05) is 0 Å². The fraction of sp³-hybridized carbons (Fsp3) is 0.889. The number of thioether (sulfide) groups is 1. The number of amides is 1. The second-order valence-electron chi connectivity index (χ2n) is 3.86. The largest absolute Gasteiger partial charge is 0.348 e. The third kappa shape index (κ3) is 5.93. The summed E-state index contributed by atoms with van der Waals surface area (Å²) in [4.78, 5) is 12.8. The number of carbonyl (C=O) groups is 1. The molecular weight excluding hydrogens is 184 g/mol. The van der Waals surface area contributed by atoms with Crippen molar-refractivity contribution in [2.24, 2.45) is 0 Å². The van der Waals surface area contributed by atoms with E-state index in [-0.39, 0.29) is 10.7 Å². The molecule has 0 fully saturated rings. The van der Waals surface area contributed by atoms with Gasteiger partial charge in [0.2, 0.25) is 5.91 Å². The molecule has 1 amide bonds. The van der Waals surface area contributed by atoms with Crippen LogP contribution >= 0.6 is 11.8 Å². The first-order valence-corrected chi connectivity index (χ1v) is 5.57. The molecule has 0 aromatic heterocycles. The molecule has 13 heavy (non-hydrogen) atoms. The summed E-state index contributed by atoms with van der Waals surface area (Å²) in [6.07, 6.45) is 2.08. The maximum Gasteiger partial charge on any atom is 0.236 e. The van der Waals surface area contributed by atoms with E-state index in [0.29, 0.717) is 6.54 Å². The predicted molar refractivity (Wildman–Crippen MR) is 59.2 cm³/mol. The first-order chi connectivity index (χ1) is 5.89. The summed E-state index contributed by atoms with van der Waals surface area (Å²) in [7, 11) is 3.54. The molecular formula is C9H20N2OS. The quantitative estimate of drug-likeness (QED) is 0.719. The monoisotopic (exact) mass is 204 g/mol. The van der Waals surface area contributed by atoms with E-state index >= 15 is 0 Å². The van der Waals surface area contributed by atoms with Crippen molar-refractivity contribution >= 4 is 17.7 Å². The Morgan fingerprint density at radius 1 is 1.46 bits per heavy atom. The van der Waals surface area contributed by atoms with Crippen molar-refractivity contribution in [3.63, 3.8) is 0 Å². The van der Waals surface area contributed by atoms with Crippen LogP contribution in [0.15, 0.2) is 0 Å². The van der Waals surface area contributed by atoms with Gasteiger partial charge in [-0.3, -0.25) is 4.79 Å². The smallest absolute Gasteiger partial charge is 0.236 e. The van der Waals surface area contributed by atoms with Gasteiger partial charge in [-0.2, -0.15) is 11.8 Å². The molecule has 0 unspecified atom stereocenters. The van der Waals surface area contributed by atoms with Crippen LogP contribution in [0.3, 0.4) is 0 Å². The Kier molecular flexibility index (Phi) is 5.40. The standard InChI is InChI=1S/C9H20N2OS/c1-9(2,13-5)7-10-6-8(12)11(3)4/h10H,6-7H2,1-5H3. The molecule has 78 valence electrons. The van der Waals surface area contributed by atoms with Crippen molar-refractivity contribution in [1.82, 2.24) is 10.2 Å². The minimum absolute atomic E-state index is 0.122. The molecule has 0 atom stereocenters. The number of rotatable bonds is 5. The molecule has 0 bridgehead atoms. The molecule has 0 saturated heterocycles. The predicted octanol–water partition coefficient (Wildman–Crippen LogP) is 0.806. The summed E-state index contributed by atoms with van der Waals surface area (Å²) >= 11 is 1.80. The molecule has 0 aliphatic carbocycles. The second-order valence-corrected chi connectivity index (χ2v) is 5.37. The van der Waals surface area contributed by atoms with E-state index < -0.39 is 0 Å². The fourth-order valence-corrected chi connectivity index (χ4v) is 0.947. The van der Waals surface area contributed by atoms with Crippen LogP contribution in [0.2, 0.25) is 0 Å². The average molecular weight is 204 g/mol. The normalized spacial score (nSPS) is 11.5. The van der Waals surface area contributed by atoms with E-state index in [0.717, 1.165) is 6.54 Å². The lowest BCUT2D eigenvalue weighted by Gasteiger charge is -2.22. The zero-order valence-corrected chi connectivity index (χ0v) is 9.99. The molecule has 0 spiro atoms. The number of hydrogen-bond acceptors (Lipinski definition) is 3. The van der Waals surface area contributed by atoms with Crippen LogP contribution in [0.4, 0.5) is 0 Å². The van der Waals surface area contributed by atoms with Crippen molar-refractivity contribution in [3.8, 4) is 0 Å².